The van der Waals surface area contributed by atoms with E-state index in [-0.39, 0.29) is 11.9 Å². The number of benzene rings is 3. The predicted molar refractivity (Wildman–Crippen MR) is 128 cm³/mol. The lowest BCUT2D eigenvalue weighted by molar-refractivity contribution is -0.137. The van der Waals surface area contributed by atoms with Crippen LogP contribution in [0.1, 0.15) is 40.8 Å². The Morgan fingerprint density at radius 3 is 2.11 bits per heavy atom. The normalized spacial score (nSPS) is 13.1. The number of likely N-dealkylation sites (N-methyl/N-ethyl adjacent to an activating group) is 1. The van der Waals surface area contributed by atoms with Gasteiger partial charge >= 0.3 is 6.18 Å². The van der Waals surface area contributed by atoms with Gasteiger partial charge in [0, 0.05) is 13.1 Å². The summed E-state index contributed by atoms with van der Waals surface area (Å²) in [4.78, 5) is 12.8. The van der Waals surface area contributed by atoms with Crippen molar-refractivity contribution in [2.24, 2.45) is 0 Å². The number of carbonyl (C=O) groups excluding carboxylic acids is 1. The van der Waals surface area contributed by atoms with Crippen molar-refractivity contribution in [3.8, 4) is 11.5 Å². The molecule has 35 heavy (non-hydrogen) atoms. The van der Waals surface area contributed by atoms with Gasteiger partial charge < -0.3 is 14.8 Å². The van der Waals surface area contributed by atoms with E-state index >= 15 is 0 Å². The minimum absolute atomic E-state index is 0.198. The maximum Gasteiger partial charge on any atom is 0.416 e. The zero-order valence-corrected chi connectivity index (χ0v) is 19.9. The second-order valence-electron chi connectivity index (χ2n) is 8.02. The molecule has 0 heterocycles. The van der Waals surface area contributed by atoms with Crippen LogP contribution >= 0.6 is 0 Å². The molecule has 3 aromatic rings. The van der Waals surface area contributed by atoms with Gasteiger partial charge in [0.2, 0.25) is 5.91 Å². The molecule has 3 rings (SSSR count). The third-order valence-electron chi connectivity index (χ3n) is 5.82. The number of hydrogen-bond acceptors (Lipinski definition) is 4. The highest BCUT2D eigenvalue weighted by molar-refractivity contribution is 5.83. The van der Waals surface area contributed by atoms with E-state index in [4.69, 9.17) is 9.47 Å². The highest BCUT2D eigenvalue weighted by Crippen LogP contribution is 2.33. The fourth-order valence-corrected chi connectivity index (χ4v) is 3.90. The monoisotopic (exact) mass is 486 g/mol. The molecule has 2 N–H and O–H groups in total. The van der Waals surface area contributed by atoms with Crippen molar-refractivity contribution in [3.63, 3.8) is 0 Å². The molecule has 0 aliphatic rings. The zero-order valence-electron chi connectivity index (χ0n) is 19.9. The minimum Gasteiger partial charge on any atom is -0.493 e. The van der Waals surface area contributed by atoms with Crippen LogP contribution in [0, 0.1) is 0 Å². The fraction of sp³-hybridized carbons (Fsp3) is 0.296. The number of amides is 1. The molecule has 0 aromatic heterocycles. The quantitative estimate of drug-likeness (QED) is 0.399. The zero-order chi connectivity index (χ0) is 25.4. The van der Waals surface area contributed by atoms with Gasteiger partial charge in [-0.15, -0.1) is 0 Å². The standard InChI is InChI=1S/C27H29F3N2O3/c1-31-26(33)25(19-7-5-4-6-8-19)32-22(20-12-16-23(34-2)24(17-20)35-3)15-11-18-9-13-21(14-10-18)27(28,29)30/h4-10,12-14,16-17,22,25,32H,11,15H2,1-3H3,(H,31,33)/t22-,25?/m0/s1. The van der Waals surface area contributed by atoms with Crippen molar-refractivity contribution in [1.82, 2.24) is 10.6 Å². The molecule has 0 saturated heterocycles. The number of rotatable bonds is 10. The number of nitrogens with one attached hydrogen (secondary N) is 2. The summed E-state index contributed by atoms with van der Waals surface area (Å²) in [6.45, 7) is 0. The van der Waals surface area contributed by atoms with E-state index in [1.165, 1.54) is 12.1 Å². The molecule has 0 aliphatic carbocycles. The summed E-state index contributed by atoms with van der Waals surface area (Å²) >= 11 is 0. The Morgan fingerprint density at radius 2 is 1.54 bits per heavy atom. The average Bonchev–Trinajstić information content (AvgIpc) is 2.88. The van der Waals surface area contributed by atoms with Crippen LogP contribution in [0.25, 0.3) is 0 Å². The topological polar surface area (TPSA) is 59.6 Å². The van der Waals surface area contributed by atoms with Crippen molar-refractivity contribution in [2.75, 3.05) is 21.3 Å². The summed E-state index contributed by atoms with van der Waals surface area (Å²) in [6, 6.07) is 19.1. The molecule has 0 fully saturated rings. The van der Waals surface area contributed by atoms with Gasteiger partial charge in [-0.3, -0.25) is 10.1 Å². The van der Waals surface area contributed by atoms with Crippen LogP contribution in [0.15, 0.2) is 72.8 Å². The molecule has 186 valence electrons. The van der Waals surface area contributed by atoms with Gasteiger partial charge in [0.25, 0.3) is 0 Å². The Balaban J connectivity index is 1.91. The average molecular weight is 487 g/mol. The number of hydrogen-bond donors (Lipinski definition) is 2. The largest absolute Gasteiger partial charge is 0.493 e. The number of aryl methyl sites for hydroxylation is 1. The Labute approximate surface area is 203 Å². The van der Waals surface area contributed by atoms with Crippen LogP contribution in [0.5, 0.6) is 11.5 Å². The van der Waals surface area contributed by atoms with E-state index in [0.29, 0.717) is 24.3 Å². The Kier molecular flexibility index (Phi) is 8.76. The van der Waals surface area contributed by atoms with Crippen LogP contribution in [-0.2, 0) is 17.4 Å². The number of ether oxygens (including phenoxy) is 2. The Bertz CT molecular complexity index is 1100. The lowest BCUT2D eigenvalue weighted by atomic mass is 9.95. The van der Waals surface area contributed by atoms with Crippen molar-refractivity contribution in [3.05, 3.63) is 95.1 Å². The van der Waals surface area contributed by atoms with E-state index in [2.05, 4.69) is 10.6 Å². The highest BCUT2D eigenvalue weighted by atomic mass is 19.4. The van der Waals surface area contributed by atoms with E-state index in [0.717, 1.165) is 28.8 Å². The second kappa shape index (κ2) is 11.8. The molecule has 0 bridgehead atoms. The smallest absolute Gasteiger partial charge is 0.416 e. The maximum absolute atomic E-state index is 12.9. The molecule has 5 nitrogen and oxygen atoms in total. The minimum atomic E-state index is -4.38. The first kappa shape index (κ1) is 26.1. The molecule has 0 spiro atoms. The Hall–Kier alpha value is -3.52. The second-order valence-corrected chi connectivity index (χ2v) is 8.02. The molecule has 8 heteroatoms. The summed E-state index contributed by atoms with van der Waals surface area (Å²) in [6.07, 6.45) is -3.35. The number of carbonyl (C=O) groups is 1. The summed E-state index contributed by atoms with van der Waals surface area (Å²) in [5.74, 6) is 0.919. The summed E-state index contributed by atoms with van der Waals surface area (Å²) < 4.78 is 49.6. The third-order valence-corrected chi connectivity index (χ3v) is 5.82. The van der Waals surface area contributed by atoms with E-state index in [9.17, 15) is 18.0 Å². The van der Waals surface area contributed by atoms with Gasteiger partial charge in [0.15, 0.2) is 11.5 Å². The van der Waals surface area contributed by atoms with E-state index in [1.54, 1.807) is 27.3 Å². The number of methoxy groups -OCH3 is 2. The van der Waals surface area contributed by atoms with E-state index in [1.807, 2.05) is 42.5 Å². The third kappa shape index (κ3) is 6.76. The van der Waals surface area contributed by atoms with Gasteiger partial charge in [0.05, 0.1) is 19.8 Å². The van der Waals surface area contributed by atoms with Gasteiger partial charge in [-0.1, -0.05) is 48.5 Å². The number of halogens is 3. The molecule has 2 atom stereocenters. The molecular formula is C27H29F3N2O3. The highest BCUT2D eigenvalue weighted by Gasteiger charge is 2.30. The van der Waals surface area contributed by atoms with Crippen LogP contribution in [0.3, 0.4) is 0 Å². The first-order valence-corrected chi connectivity index (χ1v) is 11.2. The summed E-state index contributed by atoms with van der Waals surface area (Å²) in [5, 5.41) is 6.15. The van der Waals surface area contributed by atoms with Crippen LogP contribution < -0.4 is 20.1 Å². The molecule has 3 aromatic carbocycles. The van der Waals surface area contributed by atoms with E-state index < -0.39 is 17.8 Å². The number of alkyl halides is 3. The Morgan fingerprint density at radius 1 is 0.886 bits per heavy atom. The molecule has 0 aliphatic heterocycles. The molecule has 1 unspecified atom stereocenters. The van der Waals surface area contributed by atoms with Crippen molar-refractivity contribution in [1.29, 1.82) is 0 Å². The van der Waals surface area contributed by atoms with Crippen LogP contribution in [-0.4, -0.2) is 27.2 Å². The van der Waals surface area contributed by atoms with Crippen LogP contribution in [0.2, 0.25) is 0 Å². The van der Waals surface area contributed by atoms with Gasteiger partial charge in [-0.2, -0.15) is 13.2 Å². The molecule has 0 radical (unpaired) electrons. The van der Waals surface area contributed by atoms with Gasteiger partial charge in [-0.05, 0) is 53.8 Å². The molecule has 1 amide bonds. The first-order chi connectivity index (χ1) is 16.8. The van der Waals surface area contributed by atoms with Crippen LogP contribution in [0.4, 0.5) is 13.2 Å². The van der Waals surface area contributed by atoms with Crippen molar-refractivity contribution >= 4 is 5.91 Å². The lowest BCUT2D eigenvalue weighted by Crippen LogP contribution is -2.38. The van der Waals surface area contributed by atoms with Gasteiger partial charge in [0.1, 0.15) is 6.04 Å². The maximum atomic E-state index is 12.9. The first-order valence-electron chi connectivity index (χ1n) is 11.2. The molecule has 0 saturated carbocycles. The molecular weight excluding hydrogens is 457 g/mol. The van der Waals surface area contributed by atoms with Crippen molar-refractivity contribution < 1.29 is 27.4 Å². The predicted octanol–water partition coefficient (Wildman–Crippen LogP) is 5.47. The van der Waals surface area contributed by atoms with Gasteiger partial charge in [-0.25, -0.2) is 0 Å². The lowest BCUT2D eigenvalue weighted by Gasteiger charge is -2.26. The summed E-state index contributed by atoms with van der Waals surface area (Å²) in [7, 11) is 4.67. The summed E-state index contributed by atoms with van der Waals surface area (Å²) in [5.41, 5.74) is 1.74. The fourth-order valence-electron chi connectivity index (χ4n) is 3.90. The van der Waals surface area contributed by atoms with Crippen molar-refractivity contribution in [2.45, 2.75) is 31.1 Å². The SMILES string of the molecule is CNC(=O)C(N[C@@H](CCc1ccc(C(F)(F)F)cc1)c1ccc(OC)c(OC)c1)c1ccccc1.